The van der Waals surface area contributed by atoms with Gasteiger partial charge < -0.3 is 19.8 Å². The highest BCUT2D eigenvalue weighted by atomic mass is 35.5. The van der Waals surface area contributed by atoms with E-state index in [0.717, 1.165) is 0 Å². The number of nitrogens with two attached hydrogens (primary N) is 1. The predicted octanol–water partition coefficient (Wildman–Crippen LogP) is 2.42. The molecule has 0 fully saturated rings. The monoisotopic (exact) mass is 385 g/mol. The van der Waals surface area contributed by atoms with Gasteiger partial charge in [0, 0.05) is 0 Å². The number of aromatic nitrogens is 4. The average Bonchev–Trinajstić information content (AvgIpc) is 3.11. The van der Waals surface area contributed by atoms with E-state index >= 15 is 0 Å². The second kappa shape index (κ2) is 7.34. The number of ether oxygens (including phenoxy) is 2. The minimum Gasteiger partial charge on any atom is -0.459 e. The molecule has 3 aromatic rings. The zero-order chi connectivity index (χ0) is 18.8. The number of hydrogen-bond donors (Lipinski definition) is 1. The number of rotatable bonds is 4. The molecule has 0 saturated carbocycles. The third-order valence-electron chi connectivity index (χ3n) is 4.17. The highest BCUT2D eigenvalue weighted by Crippen LogP contribution is 2.25. The Morgan fingerprint density at radius 3 is 2.85 bits per heavy atom. The van der Waals surface area contributed by atoms with Crippen LogP contribution < -0.4 is 5.73 Å². The fourth-order valence-corrected chi connectivity index (χ4v) is 3.04. The maximum absolute atomic E-state index is 12.0. The molecule has 0 spiro atoms. The summed E-state index contributed by atoms with van der Waals surface area (Å²) in [5, 5.41) is 0.211. The van der Waals surface area contributed by atoms with Crippen LogP contribution in [0.15, 0.2) is 48.8 Å². The van der Waals surface area contributed by atoms with Crippen molar-refractivity contribution in [3.8, 4) is 0 Å². The van der Waals surface area contributed by atoms with E-state index in [1.54, 1.807) is 30.6 Å². The number of esters is 1. The van der Waals surface area contributed by atoms with E-state index in [1.165, 1.54) is 0 Å². The number of nitrogens with zero attached hydrogens (tertiary/aromatic N) is 4. The van der Waals surface area contributed by atoms with Crippen molar-refractivity contribution in [1.29, 1.82) is 0 Å². The minimum absolute atomic E-state index is 0.0839. The Labute approximate surface area is 159 Å². The standard InChI is InChI=1S/C18H16ClN5O3/c19-15-14-16(23-18(20)22-15)24(10-21-14)12-6-7-13(26-8-12)9-27-17(25)11-4-2-1-3-5-11/h1-7,10,12-13H,8-9H2,(H2,20,22,23)/t12-,13-/m0/s1. The highest BCUT2D eigenvalue weighted by molar-refractivity contribution is 6.33. The van der Waals surface area contributed by atoms with Crippen molar-refractivity contribution in [3.05, 3.63) is 59.5 Å². The number of benzene rings is 1. The fraction of sp³-hybridized carbons (Fsp3) is 0.222. The van der Waals surface area contributed by atoms with E-state index in [2.05, 4.69) is 15.0 Å². The van der Waals surface area contributed by atoms with Crippen LogP contribution >= 0.6 is 11.6 Å². The number of carbonyl (C=O) groups excluding carboxylic acids is 1. The van der Waals surface area contributed by atoms with Crippen LogP contribution in [-0.4, -0.2) is 44.8 Å². The molecule has 9 heteroatoms. The summed E-state index contributed by atoms with van der Waals surface area (Å²) in [7, 11) is 0. The topological polar surface area (TPSA) is 105 Å². The van der Waals surface area contributed by atoms with E-state index in [1.807, 2.05) is 22.8 Å². The van der Waals surface area contributed by atoms with Gasteiger partial charge >= 0.3 is 5.97 Å². The van der Waals surface area contributed by atoms with Crippen LogP contribution in [0, 0.1) is 0 Å². The fourth-order valence-electron chi connectivity index (χ4n) is 2.82. The highest BCUT2D eigenvalue weighted by Gasteiger charge is 2.22. The molecule has 1 aliphatic rings. The lowest BCUT2D eigenvalue weighted by atomic mass is 10.2. The second-order valence-electron chi connectivity index (χ2n) is 5.99. The summed E-state index contributed by atoms with van der Waals surface area (Å²) in [5.41, 5.74) is 7.21. The molecule has 0 saturated heterocycles. The van der Waals surface area contributed by atoms with Gasteiger partial charge in [0.2, 0.25) is 5.95 Å². The average molecular weight is 386 g/mol. The van der Waals surface area contributed by atoms with Crippen LogP contribution in [0.25, 0.3) is 11.2 Å². The molecule has 138 valence electrons. The molecule has 0 aliphatic carbocycles. The lowest BCUT2D eigenvalue weighted by Crippen LogP contribution is -2.27. The van der Waals surface area contributed by atoms with Gasteiger partial charge in [0.25, 0.3) is 0 Å². The zero-order valence-electron chi connectivity index (χ0n) is 14.2. The number of carbonyl (C=O) groups is 1. The Hall–Kier alpha value is -2.97. The summed E-state index contributed by atoms with van der Waals surface area (Å²) in [6.45, 7) is 0.514. The molecule has 1 aliphatic heterocycles. The number of anilines is 1. The number of halogens is 1. The molecule has 2 atom stereocenters. The zero-order valence-corrected chi connectivity index (χ0v) is 14.9. The molecule has 27 heavy (non-hydrogen) atoms. The van der Waals surface area contributed by atoms with Crippen LogP contribution in [0.3, 0.4) is 0 Å². The Balaban J connectivity index is 1.42. The van der Waals surface area contributed by atoms with Crippen LogP contribution in [0.5, 0.6) is 0 Å². The second-order valence-corrected chi connectivity index (χ2v) is 6.34. The summed E-state index contributed by atoms with van der Waals surface area (Å²) in [4.78, 5) is 24.3. The summed E-state index contributed by atoms with van der Waals surface area (Å²) in [5.74, 6) is -0.294. The summed E-state index contributed by atoms with van der Waals surface area (Å²) < 4.78 is 12.9. The molecule has 2 aromatic heterocycles. The van der Waals surface area contributed by atoms with Crippen LogP contribution in [0.2, 0.25) is 5.15 Å². The van der Waals surface area contributed by atoms with Gasteiger partial charge in [-0.1, -0.05) is 42.0 Å². The first-order valence-electron chi connectivity index (χ1n) is 8.29. The van der Waals surface area contributed by atoms with Crippen LogP contribution in [0.1, 0.15) is 16.4 Å². The van der Waals surface area contributed by atoms with Crippen molar-refractivity contribution in [2.24, 2.45) is 0 Å². The molecule has 3 heterocycles. The quantitative estimate of drug-likeness (QED) is 0.417. The van der Waals surface area contributed by atoms with E-state index in [0.29, 0.717) is 23.3 Å². The van der Waals surface area contributed by atoms with Crippen molar-refractivity contribution in [2.75, 3.05) is 18.9 Å². The van der Waals surface area contributed by atoms with Crippen molar-refractivity contribution in [3.63, 3.8) is 0 Å². The van der Waals surface area contributed by atoms with E-state index < -0.39 is 0 Å². The van der Waals surface area contributed by atoms with Crippen molar-refractivity contribution >= 4 is 34.7 Å². The molecule has 0 bridgehead atoms. The SMILES string of the molecule is Nc1nc(Cl)c2ncn([C@H]3C=C[C@@H](COC(=O)c4ccccc4)OC3)c2n1. The maximum Gasteiger partial charge on any atom is 0.338 e. The first-order valence-corrected chi connectivity index (χ1v) is 8.67. The van der Waals surface area contributed by atoms with E-state index in [-0.39, 0.29) is 35.8 Å². The predicted molar refractivity (Wildman–Crippen MR) is 99.4 cm³/mol. The molecule has 0 radical (unpaired) electrons. The molecule has 2 N–H and O–H groups in total. The maximum atomic E-state index is 12.0. The van der Waals surface area contributed by atoms with Gasteiger partial charge in [-0.2, -0.15) is 9.97 Å². The van der Waals surface area contributed by atoms with Crippen molar-refractivity contribution in [1.82, 2.24) is 19.5 Å². The molecule has 0 unspecified atom stereocenters. The van der Waals surface area contributed by atoms with Crippen LogP contribution in [0.4, 0.5) is 5.95 Å². The molecule has 4 rings (SSSR count). The molecular formula is C18H16ClN5O3. The van der Waals surface area contributed by atoms with E-state index in [9.17, 15) is 4.79 Å². The van der Waals surface area contributed by atoms with E-state index in [4.69, 9.17) is 26.8 Å². The lowest BCUT2D eigenvalue weighted by Gasteiger charge is -2.24. The largest absolute Gasteiger partial charge is 0.459 e. The third-order valence-corrected chi connectivity index (χ3v) is 4.43. The summed E-state index contributed by atoms with van der Waals surface area (Å²) >= 11 is 6.05. The number of fused-ring (bicyclic) bond motifs is 1. The lowest BCUT2D eigenvalue weighted by molar-refractivity contribution is -0.000144. The smallest absolute Gasteiger partial charge is 0.338 e. The molecular weight excluding hydrogens is 370 g/mol. The summed E-state index contributed by atoms with van der Waals surface area (Å²) in [6, 6.07) is 8.71. The Kier molecular flexibility index (Phi) is 4.74. The van der Waals surface area contributed by atoms with Gasteiger partial charge in [-0.25, -0.2) is 9.78 Å². The Morgan fingerprint density at radius 2 is 2.11 bits per heavy atom. The number of hydrogen-bond acceptors (Lipinski definition) is 7. The summed E-state index contributed by atoms with van der Waals surface area (Å²) in [6.07, 6.45) is 5.12. The molecule has 8 nitrogen and oxygen atoms in total. The Bertz CT molecular complexity index is 1000. The number of imidazole rings is 1. The van der Waals surface area contributed by atoms with Crippen molar-refractivity contribution < 1.29 is 14.3 Å². The number of nitrogen functional groups attached to an aromatic ring is 1. The van der Waals surface area contributed by atoms with Gasteiger partial charge in [0.05, 0.1) is 24.5 Å². The van der Waals surface area contributed by atoms with Crippen molar-refractivity contribution in [2.45, 2.75) is 12.1 Å². The van der Waals surface area contributed by atoms with Crippen LogP contribution in [-0.2, 0) is 9.47 Å². The molecule has 0 amide bonds. The Morgan fingerprint density at radius 1 is 1.30 bits per heavy atom. The van der Waals surface area contributed by atoms with Gasteiger partial charge in [-0.05, 0) is 12.1 Å². The van der Waals surface area contributed by atoms with Gasteiger partial charge in [0.1, 0.15) is 18.2 Å². The van der Waals surface area contributed by atoms with Gasteiger partial charge in [0.15, 0.2) is 10.8 Å². The molecule has 1 aromatic carbocycles. The normalized spacial score (nSPS) is 19.3. The first kappa shape index (κ1) is 17.4. The minimum atomic E-state index is -0.378. The first-order chi connectivity index (χ1) is 13.1. The third kappa shape index (κ3) is 3.62. The van der Waals surface area contributed by atoms with Gasteiger partial charge in [-0.3, -0.25) is 0 Å². The van der Waals surface area contributed by atoms with Gasteiger partial charge in [-0.15, -0.1) is 0 Å².